The molecular formula is C12H26N4OS. The zero-order valence-corrected chi connectivity index (χ0v) is 12.9. The van der Waals surface area contributed by atoms with Gasteiger partial charge >= 0.3 is 0 Å². The molecule has 106 valence electrons. The second-order valence-corrected chi connectivity index (χ2v) is 6.11. The van der Waals surface area contributed by atoms with Crippen LogP contribution in [0, 0.1) is 0 Å². The van der Waals surface area contributed by atoms with Crippen LogP contribution in [-0.2, 0) is 4.79 Å². The van der Waals surface area contributed by atoms with Gasteiger partial charge in [0.05, 0.1) is 6.54 Å². The minimum absolute atomic E-state index is 0.0103. The van der Waals surface area contributed by atoms with Crippen molar-refractivity contribution in [1.82, 2.24) is 16.0 Å². The van der Waals surface area contributed by atoms with Crippen LogP contribution in [0.5, 0.6) is 0 Å². The lowest BCUT2D eigenvalue weighted by Gasteiger charge is -2.23. The van der Waals surface area contributed by atoms with Crippen LogP contribution < -0.4 is 16.0 Å². The van der Waals surface area contributed by atoms with Crippen molar-refractivity contribution in [2.24, 2.45) is 4.99 Å². The smallest absolute Gasteiger partial charge is 0.239 e. The van der Waals surface area contributed by atoms with Crippen LogP contribution >= 0.6 is 11.8 Å². The van der Waals surface area contributed by atoms with Gasteiger partial charge in [-0.15, -0.1) is 0 Å². The van der Waals surface area contributed by atoms with Gasteiger partial charge in [-0.05, 0) is 26.5 Å². The Bertz CT molecular complexity index is 279. The van der Waals surface area contributed by atoms with Gasteiger partial charge in [0.2, 0.25) is 5.91 Å². The first-order valence-corrected chi connectivity index (χ1v) is 7.44. The Morgan fingerprint density at radius 1 is 1.28 bits per heavy atom. The predicted octanol–water partition coefficient (Wildman–Crippen LogP) is 0.819. The highest BCUT2D eigenvalue weighted by Crippen LogP contribution is 2.19. The molecule has 0 atom stereocenters. The first-order chi connectivity index (χ1) is 8.45. The van der Waals surface area contributed by atoms with Gasteiger partial charge in [-0.25, -0.2) is 0 Å². The van der Waals surface area contributed by atoms with Gasteiger partial charge in [0.1, 0.15) is 0 Å². The zero-order chi connectivity index (χ0) is 14.0. The molecule has 0 bridgehead atoms. The Balaban J connectivity index is 3.95. The summed E-state index contributed by atoms with van der Waals surface area (Å²) in [4.78, 5) is 15.5. The minimum Gasteiger partial charge on any atom is -0.355 e. The van der Waals surface area contributed by atoms with Crippen molar-refractivity contribution < 1.29 is 4.79 Å². The maximum Gasteiger partial charge on any atom is 0.239 e. The van der Waals surface area contributed by atoms with Gasteiger partial charge in [0.25, 0.3) is 0 Å². The van der Waals surface area contributed by atoms with Gasteiger partial charge in [-0.3, -0.25) is 9.79 Å². The number of aliphatic imine (C=N–C) groups is 1. The van der Waals surface area contributed by atoms with E-state index in [1.165, 1.54) is 0 Å². The molecule has 0 fully saturated rings. The number of guanidine groups is 1. The summed E-state index contributed by atoms with van der Waals surface area (Å²) in [6, 6.07) is 0. The number of carbonyl (C=O) groups excluding carboxylic acids is 1. The molecule has 0 aliphatic carbocycles. The molecule has 18 heavy (non-hydrogen) atoms. The van der Waals surface area contributed by atoms with E-state index in [2.05, 4.69) is 41.0 Å². The molecule has 1 amide bonds. The maximum absolute atomic E-state index is 11.4. The summed E-state index contributed by atoms with van der Waals surface area (Å²) in [7, 11) is 1.70. The SMILES string of the molecule is CCCNC(=O)CNC(=NC)NCC(C)(C)SC. The minimum atomic E-state index is -0.0103. The number of carbonyl (C=O) groups is 1. The summed E-state index contributed by atoms with van der Waals surface area (Å²) >= 11 is 1.79. The molecule has 0 aromatic carbocycles. The molecule has 0 saturated carbocycles. The van der Waals surface area contributed by atoms with Crippen molar-refractivity contribution in [2.75, 3.05) is 32.9 Å². The van der Waals surface area contributed by atoms with E-state index >= 15 is 0 Å². The Hall–Kier alpha value is -0.910. The van der Waals surface area contributed by atoms with E-state index in [1.54, 1.807) is 18.8 Å². The molecule has 0 rings (SSSR count). The van der Waals surface area contributed by atoms with Crippen LogP contribution in [0.25, 0.3) is 0 Å². The second-order valence-electron chi connectivity index (χ2n) is 4.59. The van der Waals surface area contributed by atoms with Gasteiger partial charge < -0.3 is 16.0 Å². The number of hydrogen-bond acceptors (Lipinski definition) is 3. The lowest BCUT2D eigenvalue weighted by molar-refractivity contribution is -0.120. The van der Waals surface area contributed by atoms with Crippen molar-refractivity contribution in [3.05, 3.63) is 0 Å². The van der Waals surface area contributed by atoms with Crippen LogP contribution in [0.1, 0.15) is 27.2 Å². The Kier molecular flexibility index (Phi) is 8.62. The van der Waals surface area contributed by atoms with E-state index in [0.717, 1.165) is 13.0 Å². The van der Waals surface area contributed by atoms with Gasteiger partial charge in [-0.1, -0.05) is 6.92 Å². The van der Waals surface area contributed by atoms with Crippen molar-refractivity contribution in [2.45, 2.75) is 31.9 Å². The number of rotatable bonds is 7. The predicted molar refractivity (Wildman–Crippen MR) is 80.3 cm³/mol. The van der Waals surface area contributed by atoms with E-state index in [1.807, 2.05) is 6.92 Å². The largest absolute Gasteiger partial charge is 0.355 e. The van der Waals surface area contributed by atoms with Crippen molar-refractivity contribution in [3.8, 4) is 0 Å². The summed E-state index contributed by atoms with van der Waals surface area (Å²) in [6.07, 6.45) is 3.02. The van der Waals surface area contributed by atoms with Crippen LogP contribution in [0.15, 0.2) is 4.99 Å². The standard InChI is InChI=1S/C12H26N4OS/c1-6-7-14-10(17)8-15-11(13-4)16-9-12(2,3)18-5/h6-9H2,1-5H3,(H,14,17)(H2,13,15,16). The van der Waals surface area contributed by atoms with Crippen molar-refractivity contribution in [1.29, 1.82) is 0 Å². The van der Waals surface area contributed by atoms with Crippen molar-refractivity contribution in [3.63, 3.8) is 0 Å². The molecular weight excluding hydrogens is 248 g/mol. The molecule has 6 heteroatoms. The molecule has 0 aromatic rings. The number of nitrogens with one attached hydrogen (secondary N) is 3. The number of hydrogen-bond donors (Lipinski definition) is 3. The maximum atomic E-state index is 11.4. The number of thioether (sulfide) groups is 1. The molecule has 0 aliphatic heterocycles. The molecule has 0 aromatic heterocycles. The summed E-state index contributed by atoms with van der Waals surface area (Å²) < 4.78 is 0.141. The van der Waals surface area contributed by atoms with Crippen LogP contribution in [0.4, 0.5) is 0 Å². The summed E-state index contributed by atoms with van der Waals surface area (Å²) in [5.74, 6) is 0.646. The average Bonchev–Trinajstić information content (AvgIpc) is 2.36. The average molecular weight is 274 g/mol. The molecule has 0 heterocycles. The molecule has 0 radical (unpaired) electrons. The highest BCUT2D eigenvalue weighted by molar-refractivity contribution is 7.99. The molecule has 5 nitrogen and oxygen atoms in total. The fraction of sp³-hybridized carbons (Fsp3) is 0.833. The number of amides is 1. The monoisotopic (exact) mass is 274 g/mol. The van der Waals surface area contributed by atoms with E-state index in [-0.39, 0.29) is 17.2 Å². The highest BCUT2D eigenvalue weighted by atomic mass is 32.2. The third-order valence-electron chi connectivity index (χ3n) is 2.45. The third-order valence-corrected chi connectivity index (χ3v) is 3.70. The molecule has 0 spiro atoms. The Labute approximate surface area is 115 Å². The van der Waals surface area contributed by atoms with E-state index in [4.69, 9.17) is 0 Å². The summed E-state index contributed by atoms with van der Waals surface area (Å²) in [5, 5.41) is 9.01. The topological polar surface area (TPSA) is 65.5 Å². The van der Waals surface area contributed by atoms with E-state index < -0.39 is 0 Å². The first kappa shape index (κ1) is 17.1. The molecule has 0 unspecified atom stereocenters. The number of nitrogens with zero attached hydrogens (tertiary/aromatic N) is 1. The Morgan fingerprint density at radius 3 is 2.44 bits per heavy atom. The van der Waals surface area contributed by atoms with E-state index in [9.17, 15) is 4.79 Å². The fourth-order valence-corrected chi connectivity index (χ4v) is 1.30. The second kappa shape index (κ2) is 9.08. The van der Waals surface area contributed by atoms with Gasteiger partial charge in [0.15, 0.2) is 5.96 Å². The lowest BCUT2D eigenvalue weighted by Crippen LogP contribution is -2.46. The summed E-state index contributed by atoms with van der Waals surface area (Å²) in [5.41, 5.74) is 0. The fourth-order valence-electron chi connectivity index (χ4n) is 1.08. The molecule has 0 saturated heterocycles. The highest BCUT2D eigenvalue weighted by Gasteiger charge is 2.16. The summed E-state index contributed by atoms with van der Waals surface area (Å²) in [6.45, 7) is 8.10. The Morgan fingerprint density at radius 2 is 1.94 bits per heavy atom. The van der Waals surface area contributed by atoms with Gasteiger partial charge in [0, 0.05) is 24.9 Å². The quantitative estimate of drug-likeness (QED) is 0.475. The van der Waals surface area contributed by atoms with Crippen LogP contribution in [0.2, 0.25) is 0 Å². The first-order valence-electron chi connectivity index (χ1n) is 6.21. The molecule has 0 aliphatic rings. The van der Waals surface area contributed by atoms with Crippen LogP contribution in [0.3, 0.4) is 0 Å². The van der Waals surface area contributed by atoms with Gasteiger partial charge in [-0.2, -0.15) is 11.8 Å². The lowest BCUT2D eigenvalue weighted by atomic mass is 10.2. The third kappa shape index (κ3) is 8.22. The van der Waals surface area contributed by atoms with Crippen LogP contribution in [-0.4, -0.2) is 49.6 Å². The van der Waals surface area contributed by atoms with Crippen molar-refractivity contribution >= 4 is 23.6 Å². The van der Waals surface area contributed by atoms with E-state index in [0.29, 0.717) is 12.5 Å². The molecule has 3 N–H and O–H groups in total. The normalized spacial score (nSPS) is 12.2. The zero-order valence-electron chi connectivity index (χ0n) is 12.1.